The molecule has 1 rings (SSSR count). The van der Waals surface area contributed by atoms with Gasteiger partial charge in [-0.25, -0.2) is 0 Å². The maximum atomic E-state index is 12.0. The Morgan fingerprint density at radius 1 is 1.37 bits per heavy atom. The van der Waals surface area contributed by atoms with Crippen molar-refractivity contribution >= 4 is 21.8 Å². The number of amides is 1. The minimum absolute atomic E-state index is 0.0447. The summed E-state index contributed by atoms with van der Waals surface area (Å²) in [6.07, 6.45) is 0.842. The van der Waals surface area contributed by atoms with Gasteiger partial charge in [-0.1, -0.05) is 22.9 Å². The minimum atomic E-state index is -2.86. The van der Waals surface area contributed by atoms with Gasteiger partial charge < -0.3 is 9.64 Å². The third kappa shape index (κ3) is 5.55. The third-order valence-electron chi connectivity index (χ3n) is 2.54. The number of rotatable bonds is 6. The van der Waals surface area contributed by atoms with Crippen molar-refractivity contribution in [3.63, 3.8) is 0 Å². The molecule has 19 heavy (non-hydrogen) atoms. The van der Waals surface area contributed by atoms with Gasteiger partial charge >= 0.3 is 6.61 Å². The van der Waals surface area contributed by atoms with Crippen LogP contribution in [0.3, 0.4) is 0 Å². The van der Waals surface area contributed by atoms with E-state index in [-0.39, 0.29) is 11.7 Å². The van der Waals surface area contributed by atoms with E-state index in [2.05, 4.69) is 20.7 Å². The van der Waals surface area contributed by atoms with E-state index in [0.717, 1.165) is 6.42 Å². The fourth-order valence-electron chi connectivity index (χ4n) is 1.47. The molecular weight excluding hydrogens is 320 g/mol. The first kappa shape index (κ1) is 15.9. The molecule has 0 heterocycles. The van der Waals surface area contributed by atoms with Crippen LogP contribution in [0.5, 0.6) is 5.75 Å². The van der Waals surface area contributed by atoms with E-state index >= 15 is 0 Å². The predicted octanol–water partition coefficient (Wildman–Crippen LogP) is 3.53. The Bertz CT molecular complexity index is 410. The standard InChI is InChI=1S/C13H16BrF2NO2/c1-9(14)7-8-17(2)12(18)10-3-5-11(6-4-10)19-13(15)16/h3-6,9,13H,7-8H2,1-2H3. The molecule has 0 aliphatic carbocycles. The summed E-state index contributed by atoms with van der Waals surface area (Å²) in [7, 11) is 1.71. The van der Waals surface area contributed by atoms with Crippen molar-refractivity contribution in [2.75, 3.05) is 13.6 Å². The molecule has 1 aromatic rings. The molecule has 0 saturated heterocycles. The van der Waals surface area contributed by atoms with Gasteiger partial charge in [0.05, 0.1) is 0 Å². The van der Waals surface area contributed by atoms with Crippen molar-refractivity contribution in [3.05, 3.63) is 29.8 Å². The van der Waals surface area contributed by atoms with Crippen LogP contribution in [0.1, 0.15) is 23.7 Å². The van der Waals surface area contributed by atoms with Crippen LogP contribution in [0.4, 0.5) is 8.78 Å². The van der Waals surface area contributed by atoms with Crippen molar-refractivity contribution in [3.8, 4) is 5.75 Å². The molecule has 0 bridgehead atoms. The van der Waals surface area contributed by atoms with Gasteiger partial charge in [0.25, 0.3) is 5.91 Å². The summed E-state index contributed by atoms with van der Waals surface area (Å²) in [6, 6.07) is 5.68. The van der Waals surface area contributed by atoms with Crippen LogP contribution in [-0.2, 0) is 0 Å². The number of hydrogen-bond donors (Lipinski definition) is 0. The predicted molar refractivity (Wildman–Crippen MR) is 73.0 cm³/mol. The molecule has 106 valence electrons. The van der Waals surface area contributed by atoms with E-state index in [1.807, 2.05) is 6.92 Å². The average Bonchev–Trinajstić information content (AvgIpc) is 2.35. The molecule has 0 saturated carbocycles. The summed E-state index contributed by atoms with van der Waals surface area (Å²) >= 11 is 3.42. The molecule has 1 atom stereocenters. The lowest BCUT2D eigenvalue weighted by atomic mass is 10.2. The number of halogens is 3. The highest BCUT2D eigenvalue weighted by molar-refractivity contribution is 9.09. The topological polar surface area (TPSA) is 29.5 Å². The summed E-state index contributed by atoms with van der Waals surface area (Å²) < 4.78 is 28.2. The van der Waals surface area contributed by atoms with Crippen molar-refractivity contribution in [1.82, 2.24) is 4.90 Å². The molecule has 0 radical (unpaired) electrons. The van der Waals surface area contributed by atoms with Gasteiger partial charge in [-0.2, -0.15) is 8.78 Å². The molecule has 0 aromatic heterocycles. The summed E-state index contributed by atoms with van der Waals surface area (Å²) in [5, 5.41) is 0. The normalized spacial score (nSPS) is 12.3. The van der Waals surface area contributed by atoms with Crippen molar-refractivity contribution in [2.45, 2.75) is 24.8 Å². The molecule has 0 fully saturated rings. The van der Waals surface area contributed by atoms with Crippen LogP contribution < -0.4 is 4.74 Å². The largest absolute Gasteiger partial charge is 0.435 e. The highest BCUT2D eigenvalue weighted by Gasteiger charge is 2.12. The molecule has 1 amide bonds. The van der Waals surface area contributed by atoms with E-state index in [4.69, 9.17) is 0 Å². The van der Waals surface area contributed by atoms with Gasteiger partial charge in [-0.15, -0.1) is 0 Å². The molecule has 3 nitrogen and oxygen atoms in total. The van der Waals surface area contributed by atoms with Crippen molar-refractivity contribution in [2.24, 2.45) is 0 Å². The number of carbonyl (C=O) groups excluding carboxylic acids is 1. The van der Waals surface area contributed by atoms with Gasteiger partial charge in [0, 0.05) is 24.0 Å². The Labute approximate surface area is 119 Å². The van der Waals surface area contributed by atoms with E-state index in [9.17, 15) is 13.6 Å². The van der Waals surface area contributed by atoms with Gasteiger partial charge in [-0.05, 0) is 30.7 Å². The quantitative estimate of drug-likeness (QED) is 0.744. The van der Waals surface area contributed by atoms with E-state index in [1.165, 1.54) is 24.3 Å². The second-order valence-electron chi connectivity index (χ2n) is 4.20. The first-order chi connectivity index (χ1) is 8.90. The van der Waals surface area contributed by atoms with Gasteiger partial charge in [-0.3, -0.25) is 4.79 Å². The molecule has 1 aromatic carbocycles. The number of nitrogens with zero attached hydrogens (tertiary/aromatic N) is 1. The number of carbonyl (C=O) groups is 1. The van der Waals surface area contributed by atoms with E-state index < -0.39 is 6.61 Å². The fraction of sp³-hybridized carbons (Fsp3) is 0.462. The highest BCUT2D eigenvalue weighted by atomic mass is 79.9. The van der Waals surface area contributed by atoms with Crippen molar-refractivity contribution < 1.29 is 18.3 Å². The monoisotopic (exact) mass is 335 g/mol. The molecule has 1 unspecified atom stereocenters. The average molecular weight is 336 g/mol. The Hall–Kier alpha value is -1.17. The zero-order valence-corrected chi connectivity index (χ0v) is 12.4. The summed E-state index contributed by atoms with van der Waals surface area (Å²) in [4.78, 5) is 13.9. The molecule has 0 N–H and O–H groups in total. The van der Waals surface area contributed by atoms with Crippen LogP contribution in [0.15, 0.2) is 24.3 Å². The van der Waals surface area contributed by atoms with Crippen molar-refractivity contribution in [1.29, 1.82) is 0 Å². The van der Waals surface area contributed by atoms with Crippen LogP contribution in [-0.4, -0.2) is 35.8 Å². The van der Waals surface area contributed by atoms with Gasteiger partial charge in [0.15, 0.2) is 0 Å². The number of ether oxygens (including phenoxy) is 1. The minimum Gasteiger partial charge on any atom is -0.435 e. The maximum Gasteiger partial charge on any atom is 0.387 e. The van der Waals surface area contributed by atoms with Crippen LogP contribution in [0, 0.1) is 0 Å². The smallest absolute Gasteiger partial charge is 0.387 e. The van der Waals surface area contributed by atoms with Crippen LogP contribution in [0.2, 0.25) is 0 Å². The molecular formula is C13H16BrF2NO2. The zero-order chi connectivity index (χ0) is 14.4. The lowest BCUT2D eigenvalue weighted by molar-refractivity contribution is -0.0498. The molecule has 0 aliphatic heterocycles. The summed E-state index contributed by atoms with van der Waals surface area (Å²) in [5.41, 5.74) is 0.450. The van der Waals surface area contributed by atoms with Crippen LogP contribution in [0.25, 0.3) is 0 Å². The van der Waals surface area contributed by atoms with E-state index in [0.29, 0.717) is 16.9 Å². The van der Waals surface area contributed by atoms with Gasteiger partial charge in [0.1, 0.15) is 5.75 Å². The van der Waals surface area contributed by atoms with Gasteiger partial charge in [0.2, 0.25) is 0 Å². The Morgan fingerprint density at radius 2 is 1.95 bits per heavy atom. The third-order valence-corrected chi connectivity index (χ3v) is 2.99. The SMILES string of the molecule is CC(Br)CCN(C)C(=O)c1ccc(OC(F)F)cc1. The zero-order valence-electron chi connectivity index (χ0n) is 10.8. The fourth-order valence-corrected chi connectivity index (χ4v) is 1.68. The Morgan fingerprint density at radius 3 is 2.42 bits per heavy atom. The number of benzene rings is 1. The lowest BCUT2D eigenvalue weighted by Gasteiger charge is -2.18. The maximum absolute atomic E-state index is 12.0. The molecule has 0 spiro atoms. The first-order valence-corrected chi connectivity index (χ1v) is 6.76. The summed E-state index contributed by atoms with van der Waals surface area (Å²) in [6.45, 7) is -0.223. The highest BCUT2D eigenvalue weighted by Crippen LogP contribution is 2.16. The lowest BCUT2D eigenvalue weighted by Crippen LogP contribution is -2.28. The Kier molecular flexibility index (Phi) is 6.21. The first-order valence-electron chi connectivity index (χ1n) is 5.84. The second-order valence-corrected chi connectivity index (χ2v) is 5.76. The number of hydrogen-bond acceptors (Lipinski definition) is 2. The summed E-state index contributed by atoms with van der Waals surface area (Å²) in [5.74, 6) is -0.0972. The van der Waals surface area contributed by atoms with Crippen LogP contribution >= 0.6 is 15.9 Å². The van der Waals surface area contributed by atoms with E-state index in [1.54, 1.807) is 11.9 Å². The number of alkyl halides is 3. The Balaban J connectivity index is 2.61. The molecule has 6 heteroatoms. The second kappa shape index (κ2) is 7.43. The molecule has 0 aliphatic rings.